The minimum atomic E-state index is -0.0786. The summed E-state index contributed by atoms with van der Waals surface area (Å²) >= 11 is 0. The highest BCUT2D eigenvalue weighted by Gasteiger charge is 2.20. The first-order valence-electron chi connectivity index (χ1n) is 4.77. The third-order valence-electron chi connectivity index (χ3n) is 2.28. The number of amides is 2. The third-order valence-corrected chi connectivity index (χ3v) is 2.28. The molecular weight excluding hydrogens is 182 g/mol. The molecule has 0 aromatic carbocycles. The molecule has 2 N–H and O–H groups in total. The van der Waals surface area contributed by atoms with Gasteiger partial charge in [0, 0.05) is 20.5 Å². The van der Waals surface area contributed by atoms with Gasteiger partial charge in [0.1, 0.15) is 0 Å². The summed E-state index contributed by atoms with van der Waals surface area (Å²) in [4.78, 5) is 23.8. The minimum Gasteiger partial charge on any atom is -0.347 e. The second kappa shape index (κ2) is 4.95. The highest BCUT2D eigenvalue weighted by Crippen LogP contribution is 2.07. The smallest absolute Gasteiger partial charge is 0.241 e. The van der Waals surface area contributed by atoms with E-state index in [4.69, 9.17) is 0 Å². The maximum Gasteiger partial charge on any atom is 0.241 e. The molecule has 0 atom stereocenters. The molecule has 0 aliphatic carbocycles. The summed E-state index contributed by atoms with van der Waals surface area (Å²) in [6.07, 6.45) is 0.522. The molecule has 14 heavy (non-hydrogen) atoms. The maximum absolute atomic E-state index is 11.3. The van der Waals surface area contributed by atoms with E-state index in [2.05, 4.69) is 10.6 Å². The van der Waals surface area contributed by atoms with Gasteiger partial charge in [-0.15, -0.1) is 0 Å². The Hall–Kier alpha value is -1.10. The second-order valence-corrected chi connectivity index (χ2v) is 3.79. The predicted molar refractivity (Wildman–Crippen MR) is 52.7 cm³/mol. The van der Waals surface area contributed by atoms with Crippen molar-refractivity contribution in [1.29, 1.82) is 0 Å². The van der Waals surface area contributed by atoms with Gasteiger partial charge < -0.3 is 15.5 Å². The van der Waals surface area contributed by atoms with Crippen molar-refractivity contribution in [2.24, 2.45) is 5.92 Å². The second-order valence-electron chi connectivity index (χ2n) is 3.79. The van der Waals surface area contributed by atoms with E-state index in [1.165, 1.54) is 4.90 Å². The van der Waals surface area contributed by atoms with Crippen molar-refractivity contribution in [3.8, 4) is 0 Å². The Balaban J connectivity index is 2.11. The fourth-order valence-corrected chi connectivity index (χ4v) is 1.16. The molecule has 1 saturated heterocycles. The average Bonchev–Trinajstić information content (AvgIpc) is 2.07. The molecule has 0 bridgehead atoms. The SMILES string of the molecule is CN(C)C(=O)CNC(=O)CC1CNC1. The van der Waals surface area contributed by atoms with Gasteiger partial charge in [-0.25, -0.2) is 0 Å². The van der Waals surface area contributed by atoms with Crippen LogP contribution in [0.1, 0.15) is 6.42 Å². The zero-order chi connectivity index (χ0) is 10.6. The number of nitrogens with one attached hydrogen (secondary N) is 2. The summed E-state index contributed by atoms with van der Waals surface area (Å²) in [5.74, 6) is 0.334. The summed E-state index contributed by atoms with van der Waals surface area (Å²) in [6.45, 7) is 1.93. The lowest BCUT2D eigenvalue weighted by molar-refractivity contribution is -0.131. The quantitative estimate of drug-likeness (QED) is 0.598. The molecular formula is C9H17N3O2. The monoisotopic (exact) mass is 199 g/mol. The van der Waals surface area contributed by atoms with E-state index >= 15 is 0 Å². The molecule has 1 fully saturated rings. The van der Waals surface area contributed by atoms with Crippen molar-refractivity contribution in [2.75, 3.05) is 33.7 Å². The summed E-state index contributed by atoms with van der Waals surface area (Å²) in [7, 11) is 3.34. The predicted octanol–water partition coefficient (Wildman–Crippen LogP) is -1.20. The molecule has 80 valence electrons. The van der Waals surface area contributed by atoms with Crippen LogP contribution >= 0.6 is 0 Å². The number of likely N-dealkylation sites (N-methyl/N-ethyl adjacent to an activating group) is 1. The van der Waals surface area contributed by atoms with E-state index in [9.17, 15) is 9.59 Å². The van der Waals surface area contributed by atoms with Gasteiger partial charge in [-0.05, 0) is 19.0 Å². The van der Waals surface area contributed by atoms with Crippen LogP contribution < -0.4 is 10.6 Å². The maximum atomic E-state index is 11.3. The van der Waals surface area contributed by atoms with Crippen molar-refractivity contribution in [3.63, 3.8) is 0 Å². The van der Waals surface area contributed by atoms with E-state index in [1.54, 1.807) is 14.1 Å². The van der Waals surface area contributed by atoms with Gasteiger partial charge in [0.15, 0.2) is 0 Å². The van der Waals surface area contributed by atoms with Gasteiger partial charge in [0.2, 0.25) is 11.8 Å². The molecule has 1 aliphatic rings. The van der Waals surface area contributed by atoms with Crippen LogP contribution in [-0.2, 0) is 9.59 Å². The molecule has 0 radical (unpaired) electrons. The first kappa shape index (κ1) is 11.0. The molecule has 5 heteroatoms. The molecule has 1 aliphatic heterocycles. The lowest BCUT2D eigenvalue weighted by Crippen LogP contribution is -2.45. The van der Waals surface area contributed by atoms with Crippen LogP contribution in [0.15, 0.2) is 0 Å². The topological polar surface area (TPSA) is 61.4 Å². The van der Waals surface area contributed by atoms with Crippen molar-refractivity contribution < 1.29 is 9.59 Å². The highest BCUT2D eigenvalue weighted by atomic mass is 16.2. The normalized spacial score (nSPS) is 15.9. The molecule has 2 amide bonds. The van der Waals surface area contributed by atoms with Gasteiger partial charge in [-0.3, -0.25) is 9.59 Å². The fourth-order valence-electron chi connectivity index (χ4n) is 1.16. The number of carbonyl (C=O) groups excluding carboxylic acids is 2. The first-order chi connectivity index (χ1) is 6.59. The first-order valence-corrected chi connectivity index (χ1v) is 4.77. The Morgan fingerprint density at radius 2 is 2.07 bits per heavy atom. The molecule has 1 rings (SSSR count). The van der Waals surface area contributed by atoms with Crippen LogP contribution in [0.25, 0.3) is 0 Å². The zero-order valence-electron chi connectivity index (χ0n) is 8.67. The highest BCUT2D eigenvalue weighted by molar-refractivity contribution is 5.84. The van der Waals surface area contributed by atoms with Crippen LogP contribution in [0.4, 0.5) is 0 Å². The Kier molecular flexibility index (Phi) is 3.88. The van der Waals surface area contributed by atoms with Gasteiger partial charge in [0.05, 0.1) is 6.54 Å². The summed E-state index contributed by atoms with van der Waals surface area (Å²) in [5.41, 5.74) is 0. The number of hydrogen-bond acceptors (Lipinski definition) is 3. The van der Waals surface area contributed by atoms with Gasteiger partial charge in [-0.1, -0.05) is 0 Å². The van der Waals surface area contributed by atoms with Crippen LogP contribution in [-0.4, -0.2) is 50.4 Å². The zero-order valence-corrected chi connectivity index (χ0v) is 8.67. The largest absolute Gasteiger partial charge is 0.347 e. The molecule has 0 saturated carbocycles. The Labute approximate surface area is 83.8 Å². The molecule has 1 heterocycles. The summed E-state index contributed by atoms with van der Waals surface area (Å²) in [5, 5.41) is 5.70. The van der Waals surface area contributed by atoms with Crippen molar-refractivity contribution in [1.82, 2.24) is 15.5 Å². The molecule has 0 aromatic heterocycles. The van der Waals surface area contributed by atoms with E-state index in [1.807, 2.05) is 0 Å². The number of carbonyl (C=O) groups is 2. The molecule has 0 unspecified atom stereocenters. The summed E-state index contributed by atoms with van der Waals surface area (Å²) < 4.78 is 0. The van der Waals surface area contributed by atoms with Gasteiger partial charge in [-0.2, -0.15) is 0 Å². The average molecular weight is 199 g/mol. The Morgan fingerprint density at radius 3 is 2.50 bits per heavy atom. The molecule has 0 spiro atoms. The molecule has 0 aromatic rings. The van der Waals surface area contributed by atoms with Crippen LogP contribution in [0.3, 0.4) is 0 Å². The van der Waals surface area contributed by atoms with Crippen molar-refractivity contribution in [2.45, 2.75) is 6.42 Å². The Morgan fingerprint density at radius 1 is 1.43 bits per heavy atom. The summed E-state index contributed by atoms with van der Waals surface area (Å²) in [6, 6.07) is 0. The number of rotatable bonds is 4. The Bertz CT molecular complexity index is 224. The number of hydrogen-bond donors (Lipinski definition) is 2. The molecule has 5 nitrogen and oxygen atoms in total. The van der Waals surface area contributed by atoms with Crippen molar-refractivity contribution in [3.05, 3.63) is 0 Å². The van der Waals surface area contributed by atoms with E-state index < -0.39 is 0 Å². The van der Waals surface area contributed by atoms with Crippen LogP contribution in [0, 0.1) is 5.92 Å². The van der Waals surface area contributed by atoms with Crippen molar-refractivity contribution >= 4 is 11.8 Å². The van der Waals surface area contributed by atoms with Crippen LogP contribution in [0.5, 0.6) is 0 Å². The van der Waals surface area contributed by atoms with Gasteiger partial charge in [0.25, 0.3) is 0 Å². The van der Waals surface area contributed by atoms with Gasteiger partial charge >= 0.3 is 0 Å². The van der Waals surface area contributed by atoms with E-state index in [0.717, 1.165) is 13.1 Å². The minimum absolute atomic E-state index is 0.0355. The lowest BCUT2D eigenvalue weighted by atomic mass is 9.99. The fraction of sp³-hybridized carbons (Fsp3) is 0.778. The van der Waals surface area contributed by atoms with Crippen LogP contribution in [0.2, 0.25) is 0 Å². The van der Waals surface area contributed by atoms with E-state index in [-0.39, 0.29) is 18.4 Å². The standard InChI is InChI=1S/C9H17N3O2/c1-12(2)9(14)6-11-8(13)3-7-4-10-5-7/h7,10H,3-6H2,1-2H3,(H,11,13). The van der Waals surface area contributed by atoms with E-state index in [0.29, 0.717) is 12.3 Å². The third kappa shape index (κ3) is 3.33. The lowest BCUT2D eigenvalue weighted by Gasteiger charge is -2.26. The number of nitrogens with zero attached hydrogens (tertiary/aromatic N) is 1.